The molecule has 30 heavy (non-hydrogen) atoms. The summed E-state index contributed by atoms with van der Waals surface area (Å²) in [5, 5.41) is 3.92. The standard InChI is InChI=1S/C22H14Cl2N2O4/c23-13-7-8-16(24)18(10-13)26-21(27)12-30-22(28)15-11-19(20-6-3-9-29-20)25-17-5-2-1-4-14(15)17/h1-11H,12H2,(H,26,27). The van der Waals surface area contributed by atoms with Crippen molar-refractivity contribution in [1.29, 1.82) is 0 Å². The van der Waals surface area contributed by atoms with E-state index in [0.29, 0.717) is 38.1 Å². The van der Waals surface area contributed by atoms with Crippen LogP contribution in [0, 0.1) is 0 Å². The van der Waals surface area contributed by atoms with Crippen LogP contribution >= 0.6 is 23.2 Å². The van der Waals surface area contributed by atoms with Crippen molar-refractivity contribution in [3.05, 3.63) is 82.5 Å². The van der Waals surface area contributed by atoms with E-state index in [4.69, 9.17) is 32.4 Å². The van der Waals surface area contributed by atoms with Gasteiger partial charge in [0.25, 0.3) is 5.91 Å². The minimum atomic E-state index is -0.659. The third-order valence-corrected chi connectivity index (χ3v) is 4.81. The van der Waals surface area contributed by atoms with E-state index < -0.39 is 18.5 Å². The number of nitrogens with zero attached hydrogens (tertiary/aromatic N) is 1. The van der Waals surface area contributed by atoms with E-state index in [-0.39, 0.29) is 5.56 Å². The van der Waals surface area contributed by atoms with Crippen LogP contribution in [0.2, 0.25) is 10.0 Å². The molecule has 0 spiro atoms. The highest BCUT2D eigenvalue weighted by molar-refractivity contribution is 6.35. The van der Waals surface area contributed by atoms with E-state index in [9.17, 15) is 9.59 Å². The zero-order chi connectivity index (χ0) is 21.1. The van der Waals surface area contributed by atoms with Crippen molar-refractivity contribution in [3.63, 3.8) is 0 Å². The van der Waals surface area contributed by atoms with E-state index in [2.05, 4.69) is 10.3 Å². The first-order valence-corrected chi connectivity index (χ1v) is 9.62. The first-order valence-electron chi connectivity index (χ1n) is 8.87. The number of nitrogens with one attached hydrogen (secondary N) is 1. The van der Waals surface area contributed by atoms with Crippen molar-refractivity contribution >= 4 is 51.7 Å². The lowest BCUT2D eigenvalue weighted by Gasteiger charge is -2.10. The van der Waals surface area contributed by atoms with Crippen molar-refractivity contribution in [1.82, 2.24) is 4.98 Å². The largest absolute Gasteiger partial charge is 0.463 e. The van der Waals surface area contributed by atoms with Gasteiger partial charge in [-0.2, -0.15) is 0 Å². The SMILES string of the molecule is O=C(COC(=O)c1cc(-c2ccco2)nc2ccccc12)Nc1cc(Cl)ccc1Cl. The molecule has 0 aliphatic heterocycles. The molecule has 4 rings (SSSR count). The van der Waals surface area contributed by atoms with Crippen molar-refractivity contribution in [2.45, 2.75) is 0 Å². The van der Waals surface area contributed by atoms with Crippen LogP contribution in [0.4, 0.5) is 5.69 Å². The van der Waals surface area contributed by atoms with Crippen molar-refractivity contribution < 1.29 is 18.7 Å². The summed E-state index contributed by atoms with van der Waals surface area (Å²) in [5.41, 5.74) is 1.70. The number of amides is 1. The molecule has 0 saturated carbocycles. The van der Waals surface area contributed by atoms with E-state index in [0.717, 1.165) is 0 Å². The predicted octanol–water partition coefficient (Wildman–Crippen LogP) is 5.60. The number of carbonyl (C=O) groups excluding carboxylic acids is 2. The van der Waals surface area contributed by atoms with Crippen LogP contribution in [-0.4, -0.2) is 23.5 Å². The fourth-order valence-corrected chi connectivity index (χ4v) is 3.22. The number of pyridine rings is 1. The molecule has 150 valence electrons. The van der Waals surface area contributed by atoms with Crippen molar-refractivity contribution in [2.24, 2.45) is 0 Å². The summed E-state index contributed by atoms with van der Waals surface area (Å²) in [7, 11) is 0. The van der Waals surface area contributed by atoms with Gasteiger partial charge in [0.2, 0.25) is 0 Å². The molecule has 0 aliphatic carbocycles. The van der Waals surface area contributed by atoms with Gasteiger partial charge in [-0.15, -0.1) is 0 Å². The number of para-hydroxylation sites is 1. The first-order chi connectivity index (χ1) is 14.5. The lowest BCUT2D eigenvalue weighted by molar-refractivity contribution is -0.119. The van der Waals surface area contributed by atoms with Gasteiger partial charge in [0.05, 0.1) is 28.1 Å². The summed E-state index contributed by atoms with van der Waals surface area (Å²) < 4.78 is 10.6. The fourth-order valence-electron chi connectivity index (χ4n) is 2.88. The lowest BCUT2D eigenvalue weighted by atomic mass is 10.1. The number of hydrogen-bond acceptors (Lipinski definition) is 5. The number of fused-ring (bicyclic) bond motifs is 1. The maximum absolute atomic E-state index is 12.8. The van der Waals surface area contributed by atoms with E-state index in [1.165, 1.54) is 12.3 Å². The minimum absolute atomic E-state index is 0.278. The number of carbonyl (C=O) groups is 2. The third-order valence-electron chi connectivity index (χ3n) is 4.25. The quantitative estimate of drug-likeness (QED) is 0.408. The Morgan fingerprint density at radius 3 is 2.67 bits per heavy atom. The molecule has 8 heteroatoms. The Kier molecular flexibility index (Phi) is 5.70. The Morgan fingerprint density at radius 2 is 1.87 bits per heavy atom. The van der Waals surface area contributed by atoms with Gasteiger partial charge in [0.1, 0.15) is 5.69 Å². The van der Waals surface area contributed by atoms with Gasteiger partial charge in [-0.3, -0.25) is 4.79 Å². The van der Waals surface area contributed by atoms with Crippen LogP contribution in [0.15, 0.2) is 71.3 Å². The minimum Gasteiger partial charge on any atom is -0.463 e. The average molecular weight is 441 g/mol. The molecule has 0 atom stereocenters. The second-order valence-electron chi connectivity index (χ2n) is 6.30. The maximum Gasteiger partial charge on any atom is 0.339 e. The van der Waals surface area contributed by atoms with Crippen LogP contribution in [0.3, 0.4) is 0 Å². The summed E-state index contributed by atoms with van der Waals surface area (Å²) in [6.07, 6.45) is 1.52. The van der Waals surface area contributed by atoms with Gasteiger partial charge in [-0.05, 0) is 42.5 Å². The smallest absolute Gasteiger partial charge is 0.339 e. The maximum atomic E-state index is 12.8. The Bertz CT molecular complexity index is 1240. The van der Waals surface area contributed by atoms with E-state index in [1.807, 2.05) is 6.07 Å². The van der Waals surface area contributed by atoms with Gasteiger partial charge >= 0.3 is 5.97 Å². The molecule has 0 aliphatic rings. The highest BCUT2D eigenvalue weighted by Gasteiger charge is 2.17. The van der Waals surface area contributed by atoms with Gasteiger partial charge < -0.3 is 14.5 Å². The molecule has 2 aromatic heterocycles. The molecule has 2 aromatic carbocycles. The average Bonchev–Trinajstić information content (AvgIpc) is 3.29. The molecule has 0 radical (unpaired) electrons. The Labute approximate surface area is 181 Å². The molecule has 0 fully saturated rings. The van der Waals surface area contributed by atoms with Crippen LogP contribution in [0.1, 0.15) is 10.4 Å². The van der Waals surface area contributed by atoms with Crippen LogP contribution in [0.5, 0.6) is 0 Å². The Balaban J connectivity index is 1.54. The fraction of sp³-hybridized carbons (Fsp3) is 0.0455. The Hall–Kier alpha value is -3.35. The van der Waals surface area contributed by atoms with Crippen LogP contribution in [-0.2, 0) is 9.53 Å². The normalized spacial score (nSPS) is 10.7. The summed E-state index contributed by atoms with van der Waals surface area (Å²) in [4.78, 5) is 29.5. The number of hydrogen-bond donors (Lipinski definition) is 1. The number of ether oxygens (including phenoxy) is 1. The highest BCUT2D eigenvalue weighted by Crippen LogP contribution is 2.27. The third kappa shape index (κ3) is 4.30. The van der Waals surface area contributed by atoms with Gasteiger partial charge in [-0.25, -0.2) is 9.78 Å². The van der Waals surface area contributed by atoms with Gasteiger partial charge in [0, 0.05) is 10.4 Å². The summed E-state index contributed by atoms with van der Waals surface area (Å²) in [6, 6.07) is 16.9. The number of furan rings is 1. The van der Waals surface area contributed by atoms with Crippen molar-refractivity contribution in [2.75, 3.05) is 11.9 Å². The number of aromatic nitrogens is 1. The number of halogens is 2. The predicted molar refractivity (Wildman–Crippen MR) is 115 cm³/mol. The van der Waals surface area contributed by atoms with Gasteiger partial charge in [0.15, 0.2) is 12.4 Å². The lowest BCUT2D eigenvalue weighted by Crippen LogP contribution is -2.21. The zero-order valence-electron chi connectivity index (χ0n) is 15.4. The van der Waals surface area contributed by atoms with Crippen molar-refractivity contribution in [3.8, 4) is 11.5 Å². The van der Waals surface area contributed by atoms with Gasteiger partial charge in [-0.1, -0.05) is 41.4 Å². The molecule has 0 bridgehead atoms. The second kappa shape index (κ2) is 8.57. The molecule has 0 unspecified atom stereocenters. The monoisotopic (exact) mass is 440 g/mol. The molecular formula is C22H14Cl2N2O4. The first kappa shape index (κ1) is 19.9. The van der Waals surface area contributed by atoms with Crippen LogP contribution in [0.25, 0.3) is 22.4 Å². The molecule has 4 aromatic rings. The highest BCUT2D eigenvalue weighted by atomic mass is 35.5. The number of esters is 1. The summed E-state index contributed by atoms with van der Waals surface area (Å²) in [5.74, 6) is -0.686. The van der Waals surface area contributed by atoms with Crippen LogP contribution < -0.4 is 5.32 Å². The molecule has 0 saturated heterocycles. The van der Waals surface area contributed by atoms with E-state index in [1.54, 1.807) is 48.5 Å². The molecular weight excluding hydrogens is 427 g/mol. The molecule has 1 N–H and O–H groups in total. The molecule has 1 amide bonds. The summed E-state index contributed by atoms with van der Waals surface area (Å²) in [6.45, 7) is -0.492. The molecule has 2 heterocycles. The Morgan fingerprint density at radius 1 is 1.03 bits per heavy atom. The number of benzene rings is 2. The topological polar surface area (TPSA) is 81.4 Å². The second-order valence-corrected chi connectivity index (χ2v) is 7.14. The van der Waals surface area contributed by atoms with E-state index >= 15 is 0 Å². The number of rotatable bonds is 5. The zero-order valence-corrected chi connectivity index (χ0v) is 16.9. The number of anilines is 1. The molecule has 6 nitrogen and oxygen atoms in total. The summed E-state index contributed by atoms with van der Waals surface area (Å²) >= 11 is 11.9.